The first-order valence-corrected chi connectivity index (χ1v) is 10.2. The Hall–Kier alpha value is -1.26. The second kappa shape index (κ2) is 6.26. The molecule has 1 heterocycles. The van der Waals surface area contributed by atoms with Crippen LogP contribution in [-0.2, 0) is 0 Å². The summed E-state index contributed by atoms with van der Waals surface area (Å²) in [5.74, 6) is 0. The van der Waals surface area contributed by atoms with Crippen LogP contribution in [0.5, 0.6) is 0 Å². The van der Waals surface area contributed by atoms with Crippen molar-refractivity contribution in [1.29, 1.82) is 0 Å². The lowest BCUT2D eigenvalue weighted by Gasteiger charge is -2.24. The lowest BCUT2D eigenvalue weighted by Crippen LogP contribution is -1.86. The summed E-state index contributed by atoms with van der Waals surface area (Å²) in [7, 11) is 1.26. The molecule has 2 nitrogen and oxygen atoms in total. The Bertz CT molecular complexity index is 560. The maximum absolute atomic E-state index is 4.57. The predicted molar refractivity (Wildman–Crippen MR) is 89.2 cm³/mol. The fourth-order valence-corrected chi connectivity index (χ4v) is 4.41. The summed E-state index contributed by atoms with van der Waals surface area (Å²) in [4.78, 5) is 10.0. The fraction of sp³-hybridized carbons (Fsp3) is 0.200. The van der Waals surface area contributed by atoms with Crippen molar-refractivity contribution in [1.82, 2.24) is 4.98 Å². The molecule has 0 aliphatic rings. The van der Waals surface area contributed by atoms with Crippen LogP contribution in [0.1, 0.15) is 5.69 Å². The van der Waals surface area contributed by atoms with Crippen LogP contribution in [-0.4, -0.2) is 30.0 Å². The molecule has 0 amide bonds. The van der Waals surface area contributed by atoms with Crippen molar-refractivity contribution in [3.05, 3.63) is 54.4 Å². The van der Waals surface area contributed by atoms with Crippen molar-refractivity contribution in [2.75, 3.05) is 18.8 Å². The summed E-state index contributed by atoms with van der Waals surface area (Å²) in [6.07, 6.45) is 10.5. The van der Waals surface area contributed by atoms with Gasteiger partial charge < -0.3 is 0 Å². The van der Waals surface area contributed by atoms with Gasteiger partial charge in [0.25, 0.3) is 0 Å². The molecule has 0 atom stereocenters. The van der Waals surface area contributed by atoms with Crippen molar-refractivity contribution in [2.24, 2.45) is 4.99 Å². The van der Waals surface area contributed by atoms with Gasteiger partial charge in [-0.1, -0.05) is 29.0 Å². The minimum Gasteiger partial charge on any atom is -0.255 e. The van der Waals surface area contributed by atoms with E-state index in [1.807, 2.05) is 47.3 Å². The van der Waals surface area contributed by atoms with Crippen LogP contribution in [0.2, 0.25) is 0 Å². The molecule has 0 saturated carbocycles. The first kappa shape index (κ1) is 14.2. The highest BCUT2D eigenvalue weighted by atomic mass is 33.2. The van der Waals surface area contributed by atoms with E-state index in [9.17, 15) is 0 Å². The number of aromatic nitrogens is 1. The zero-order valence-electron chi connectivity index (χ0n) is 11.4. The highest BCUT2D eigenvalue weighted by Crippen LogP contribution is 2.55. The summed E-state index contributed by atoms with van der Waals surface area (Å²) < 4.78 is 0. The zero-order valence-corrected chi connectivity index (χ0v) is 13.0. The summed E-state index contributed by atoms with van der Waals surface area (Å²) >= 11 is 0. The van der Waals surface area contributed by atoms with E-state index in [1.165, 1.54) is 4.90 Å². The van der Waals surface area contributed by atoms with E-state index < -0.39 is 9.06 Å². The van der Waals surface area contributed by atoms with E-state index in [-0.39, 0.29) is 0 Å². The van der Waals surface area contributed by atoms with Gasteiger partial charge in [-0.3, -0.25) is 9.98 Å². The van der Waals surface area contributed by atoms with Gasteiger partial charge in [0.1, 0.15) is 0 Å². The van der Waals surface area contributed by atoms with Crippen LogP contribution in [0.25, 0.3) is 0 Å². The molecule has 0 unspecified atom stereocenters. The second-order valence-corrected chi connectivity index (χ2v) is 12.3. The Balaban J connectivity index is 2.23. The number of nitrogens with zero attached hydrogens (tertiary/aromatic N) is 2. The van der Waals surface area contributed by atoms with Gasteiger partial charge >= 0.3 is 0 Å². The minimum atomic E-state index is -0.655. The summed E-state index contributed by atoms with van der Waals surface area (Å²) in [6, 6.07) is 14.1. The van der Waals surface area contributed by atoms with Gasteiger partial charge in [-0.2, -0.15) is 9.06 Å². The third-order valence-corrected chi connectivity index (χ3v) is 5.29. The number of aliphatic imine (C=N–C) groups is 1. The molecule has 0 aliphatic carbocycles. The molecule has 4 heteroatoms. The van der Waals surface area contributed by atoms with E-state index in [0.29, 0.717) is 0 Å². The van der Waals surface area contributed by atoms with Gasteiger partial charge in [0.2, 0.25) is 0 Å². The normalized spacial score (nSPS) is 12.8. The topological polar surface area (TPSA) is 25.2 Å². The highest BCUT2D eigenvalue weighted by molar-refractivity contribution is 8.93. The van der Waals surface area contributed by atoms with E-state index in [4.69, 9.17) is 0 Å². The molecule has 0 fully saturated rings. The quantitative estimate of drug-likeness (QED) is 0.610. The van der Waals surface area contributed by atoms with Crippen LogP contribution in [0, 0.1) is 0 Å². The predicted octanol–water partition coefficient (Wildman–Crippen LogP) is 4.53. The number of pyridine rings is 1. The first-order valence-electron chi connectivity index (χ1n) is 5.96. The third-order valence-electron chi connectivity index (χ3n) is 2.23. The van der Waals surface area contributed by atoms with Gasteiger partial charge in [-0.15, -0.1) is 0 Å². The molecular formula is C15H18N2S2. The minimum absolute atomic E-state index is 0.655. The molecule has 100 valence electrons. The number of rotatable bonds is 4. The monoisotopic (exact) mass is 290 g/mol. The van der Waals surface area contributed by atoms with E-state index >= 15 is 0 Å². The van der Waals surface area contributed by atoms with Gasteiger partial charge in [-0.05, 0) is 43.0 Å². The molecule has 2 aromatic rings. The average molecular weight is 290 g/mol. The third kappa shape index (κ3) is 4.73. The fourth-order valence-electron chi connectivity index (χ4n) is 1.49. The number of benzene rings is 1. The summed E-state index contributed by atoms with van der Waals surface area (Å²) in [5, 5.41) is 0. The van der Waals surface area contributed by atoms with Crippen molar-refractivity contribution in [2.45, 2.75) is 4.90 Å². The zero-order chi connectivity index (χ0) is 13.7. The number of para-hydroxylation sites is 1. The van der Waals surface area contributed by atoms with Crippen molar-refractivity contribution in [3.8, 4) is 0 Å². The number of hydrogen-bond donors (Lipinski definition) is 0. The lowest BCUT2D eigenvalue weighted by molar-refractivity contribution is 1.29. The molecule has 2 rings (SSSR count). The smallest absolute Gasteiger partial charge is 0.0812 e. The largest absolute Gasteiger partial charge is 0.255 e. The maximum Gasteiger partial charge on any atom is 0.0812 e. The molecule has 19 heavy (non-hydrogen) atoms. The average Bonchev–Trinajstić information content (AvgIpc) is 2.37. The second-order valence-electron chi connectivity index (χ2n) is 4.79. The van der Waals surface area contributed by atoms with Crippen molar-refractivity contribution in [3.63, 3.8) is 0 Å². The Morgan fingerprint density at radius 2 is 1.79 bits per heavy atom. The van der Waals surface area contributed by atoms with E-state index in [2.05, 4.69) is 40.9 Å². The van der Waals surface area contributed by atoms with Crippen LogP contribution >= 0.6 is 19.9 Å². The molecule has 0 aliphatic heterocycles. The molecule has 0 bridgehead atoms. The van der Waals surface area contributed by atoms with Gasteiger partial charge in [0.05, 0.1) is 17.6 Å². The molecule has 1 aromatic heterocycles. The van der Waals surface area contributed by atoms with Gasteiger partial charge in [0.15, 0.2) is 0 Å². The van der Waals surface area contributed by atoms with Crippen LogP contribution < -0.4 is 0 Å². The van der Waals surface area contributed by atoms with E-state index in [1.54, 1.807) is 6.20 Å². The summed E-state index contributed by atoms with van der Waals surface area (Å²) in [5.41, 5.74) is 1.89. The van der Waals surface area contributed by atoms with Crippen molar-refractivity contribution >= 4 is 31.8 Å². The molecule has 0 spiro atoms. The highest BCUT2D eigenvalue weighted by Gasteiger charge is 2.09. The van der Waals surface area contributed by atoms with Crippen LogP contribution in [0.3, 0.4) is 0 Å². The molecule has 0 saturated heterocycles. The summed E-state index contributed by atoms with van der Waals surface area (Å²) in [6.45, 7) is 0. The van der Waals surface area contributed by atoms with Crippen molar-refractivity contribution < 1.29 is 0 Å². The molecule has 0 N–H and O–H groups in total. The van der Waals surface area contributed by atoms with Crippen LogP contribution in [0.15, 0.2) is 58.5 Å². The maximum atomic E-state index is 4.57. The molecule has 1 aromatic carbocycles. The number of hydrogen-bond acceptors (Lipinski definition) is 3. The van der Waals surface area contributed by atoms with E-state index in [0.717, 1.165) is 11.4 Å². The van der Waals surface area contributed by atoms with Crippen LogP contribution in [0.4, 0.5) is 5.69 Å². The Labute approximate surface area is 120 Å². The standard InChI is InChI=1S/C15H18N2S2/c1-19(2,3)18-15-10-5-4-9-14(15)17-12-13-8-6-7-11-16-13/h4-12H,1-3H3. The Morgan fingerprint density at radius 1 is 1.05 bits per heavy atom. The van der Waals surface area contributed by atoms with Gasteiger partial charge in [0, 0.05) is 11.1 Å². The molecule has 0 radical (unpaired) electrons. The first-order chi connectivity index (χ1) is 9.04. The Morgan fingerprint density at radius 3 is 2.47 bits per heavy atom. The van der Waals surface area contributed by atoms with Gasteiger partial charge in [-0.25, -0.2) is 0 Å². The molecular weight excluding hydrogens is 272 g/mol. The Kier molecular flexibility index (Phi) is 4.66. The SMILES string of the molecule is CS(C)(C)Sc1ccccc1N=Cc1ccccn1. The lowest BCUT2D eigenvalue weighted by atomic mass is 10.3.